The van der Waals surface area contributed by atoms with E-state index in [9.17, 15) is 4.79 Å². The van der Waals surface area contributed by atoms with Crippen LogP contribution in [0.15, 0.2) is 30.5 Å². The summed E-state index contributed by atoms with van der Waals surface area (Å²) in [5.41, 5.74) is 7.68. The summed E-state index contributed by atoms with van der Waals surface area (Å²) in [7, 11) is 0. The molecule has 1 heterocycles. The predicted octanol–water partition coefficient (Wildman–Crippen LogP) is 2.49. The molecule has 0 aliphatic rings. The Morgan fingerprint density at radius 1 is 1.42 bits per heavy atom. The molecule has 6 nitrogen and oxygen atoms in total. The lowest BCUT2D eigenvalue weighted by Gasteiger charge is -2.30. The third-order valence-electron chi connectivity index (χ3n) is 3.72. The van der Waals surface area contributed by atoms with Crippen molar-refractivity contribution in [2.24, 2.45) is 11.7 Å². The molecular formula is C17H26ClN5O. The van der Waals surface area contributed by atoms with Gasteiger partial charge in [0.25, 0.3) is 5.91 Å². The summed E-state index contributed by atoms with van der Waals surface area (Å²) in [6.45, 7) is 8.55. The monoisotopic (exact) mass is 351 g/mol. The number of hydrogen-bond donors (Lipinski definition) is 2. The second kappa shape index (κ2) is 8.26. The maximum Gasteiger partial charge on any atom is 0.273 e. The van der Waals surface area contributed by atoms with Gasteiger partial charge >= 0.3 is 0 Å². The Hall–Kier alpha value is -1.92. The lowest BCUT2D eigenvalue weighted by Crippen LogP contribution is -2.52. The van der Waals surface area contributed by atoms with Crippen LogP contribution in [0.5, 0.6) is 0 Å². The van der Waals surface area contributed by atoms with Crippen LogP contribution >= 0.6 is 12.4 Å². The minimum Gasteiger partial charge on any atom is -0.344 e. The van der Waals surface area contributed by atoms with Gasteiger partial charge in [-0.15, -0.1) is 17.5 Å². The van der Waals surface area contributed by atoms with E-state index in [-0.39, 0.29) is 24.0 Å². The van der Waals surface area contributed by atoms with Crippen molar-refractivity contribution in [2.45, 2.75) is 39.7 Å². The van der Waals surface area contributed by atoms with Crippen molar-refractivity contribution in [2.75, 3.05) is 6.54 Å². The number of halogens is 1. The second-order valence-electron chi connectivity index (χ2n) is 6.70. The van der Waals surface area contributed by atoms with Gasteiger partial charge in [-0.05, 0) is 43.9 Å². The molecule has 1 atom stereocenters. The molecule has 7 heteroatoms. The number of benzene rings is 1. The molecule has 0 saturated carbocycles. The largest absolute Gasteiger partial charge is 0.344 e. The number of nitrogens with one attached hydrogen (secondary N) is 1. The van der Waals surface area contributed by atoms with Crippen LogP contribution in [0.4, 0.5) is 0 Å². The SMILES string of the molecule is Cc1cccc(-n2cc(C(=O)NC(C)(CN)CC(C)C)nn2)c1.Cl. The van der Waals surface area contributed by atoms with Crippen LogP contribution in [0, 0.1) is 12.8 Å². The zero-order valence-electron chi connectivity index (χ0n) is 14.6. The highest BCUT2D eigenvalue weighted by Gasteiger charge is 2.27. The summed E-state index contributed by atoms with van der Waals surface area (Å²) in [6, 6.07) is 7.86. The van der Waals surface area contributed by atoms with Crippen LogP contribution < -0.4 is 11.1 Å². The molecule has 2 rings (SSSR count). The van der Waals surface area contributed by atoms with Crippen molar-refractivity contribution in [3.05, 3.63) is 41.7 Å². The molecule has 0 spiro atoms. The summed E-state index contributed by atoms with van der Waals surface area (Å²) in [5, 5.41) is 11.0. The number of nitrogens with zero attached hydrogens (tertiary/aromatic N) is 3. The third kappa shape index (κ3) is 5.04. The van der Waals surface area contributed by atoms with E-state index in [0.717, 1.165) is 17.7 Å². The van der Waals surface area contributed by atoms with Crippen LogP contribution in [0.3, 0.4) is 0 Å². The number of aryl methyl sites for hydroxylation is 1. The van der Waals surface area contributed by atoms with Gasteiger partial charge in [-0.3, -0.25) is 4.79 Å². The molecule has 1 amide bonds. The first kappa shape index (κ1) is 20.1. The summed E-state index contributed by atoms with van der Waals surface area (Å²) in [4.78, 5) is 12.4. The fraction of sp³-hybridized carbons (Fsp3) is 0.471. The van der Waals surface area contributed by atoms with Crippen LogP contribution in [0.1, 0.15) is 43.2 Å². The molecule has 0 aliphatic heterocycles. The van der Waals surface area contributed by atoms with E-state index >= 15 is 0 Å². The number of rotatable bonds is 6. The summed E-state index contributed by atoms with van der Waals surface area (Å²) < 4.78 is 1.60. The summed E-state index contributed by atoms with van der Waals surface area (Å²) in [5.74, 6) is 0.185. The topological polar surface area (TPSA) is 85.8 Å². The van der Waals surface area contributed by atoms with Crippen molar-refractivity contribution in [1.82, 2.24) is 20.3 Å². The average molecular weight is 352 g/mol. The van der Waals surface area contributed by atoms with Crippen LogP contribution in [-0.2, 0) is 0 Å². The molecule has 0 radical (unpaired) electrons. The number of carbonyl (C=O) groups excluding carboxylic acids is 1. The Kier molecular flexibility index (Phi) is 6.93. The first-order valence-corrected chi connectivity index (χ1v) is 7.85. The van der Waals surface area contributed by atoms with E-state index in [1.54, 1.807) is 10.9 Å². The van der Waals surface area contributed by atoms with E-state index in [4.69, 9.17) is 5.73 Å². The first-order valence-electron chi connectivity index (χ1n) is 7.85. The number of aromatic nitrogens is 3. The lowest BCUT2D eigenvalue weighted by atomic mass is 9.90. The van der Waals surface area contributed by atoms with Gasteiger partial charge in [0.2, 0.25) is 0 Å². The Morgan fingerprint density at radius 2 is 2.12 bits per heavy atom. The van der Waals surface area contributed by atoms with E-state index in [1.165, 1.54) is 0 Å². The van der Waals surface area contributed by atoms with Crippen LogP contribution in [0.25, 0.3) is 5.69 Å². The van der Waals surface area contributed by atoms with Crippen molar-refractivity contribution in [1.29, 1.82) is 0 Å². The van der Waals surface area contributed by atoms with E-state index < -0.39 is 5.54 Å². The van der Waals surface area contributed by atoms with Gasteiger partial charge in [-0.2, -0.15) is 0 Å². The zero-order chi connectivity index (χ0) is 17.0. The average Bonchev–Trinajstić information content (AvgIpc) is 2.96. The fourth-order valence-electron chi connectivity index (χ4n) is 2.69. The third-order valence-corrected chi connectivity index (χ3v) is 3.72. The maximum atomic E-state index is 12.4. The van der Waals surface area contributed by atoms with Gasteiger partial charge in [-0.1, -0.05) is 31.2 Å². The van der Waals surface area contributed by atoms with Gasteiger partial charge in [0, 0.05) is 6.54 Å². The highest BCUT2D eigenvalue weighted by Crippen LogP contribution is 2.16. The van der Waals surface area contributed by atoms with Gasteiger partial charge < -0.3 is 11.1 Å². The second-order valence-corrected chi connectivity index (χ2v) is 6.70. The van der Waals surface area contributed by atoms with Gasteiger partial charge in [-0.25, -0.2) is 4.68 Å². The highest BCUT2D eigenvalue weighted by molar-refractivity contribution is 5.92. The summed E-state index contributed by atoms with van der Waals surface area (Å²) in [6.07, 6.45) is 2.44. The van der Waals surface area contributed by atoms with Gasteiger partial charge in [0.05, 0.1) is 17.4 Å². The molecular weight excluding hydrogens is 326 g/mol. The number of nitrogens with two attached hydrogens (primary N) is 1. The van der Waals surface area contributed by atoms with E-state index in [1.807, 2.05) is 38.1 Å². The molecule has 0 bridgehead atoms. The van der Waals surface area contributed by atoms with Gasteiger partial charge in [0.1, 0.15) is 0 Å². The molecule has 3 N–H and O–H groups in total. The number of hydrogen-bond acceptors (Lipinski definition) is 4. The highest BCUT2D eigenvalue weighted by atomic mass is 35.5. The summed E-state index contributed by atoms with van der Waals surface area (Å²) >= 11 is 0. The van der Waals surface area contributed by atoms with Crippen LogP contribution in [0.2, 0.25) is 0 Å². The Morgan fingerprint density at radius 3 is 2.71 bits per heavy atom. The number of amides is 1. The molecule has 0 fully saturated rings. The quantitative estimate of drug-likeness (QED) is 0.837. The molecule has 0 saturated heterocycles. The van der Waals surface area contributed by atoms with Crippen LogP contribution in [-0.4, -0.2) is 33.0 Å². The molecule has 24 heavy (non-hydrogen) atoms. The Labute approximate surface area is 149 Å². The molecule has 0 aliphatic carbocycles. The normalized spacial score (nSPS) is 13.2. The number of carbonyl (C=O) groups is 1. The molecule has 132 valence electrons. The van der Waals surface area contributed by atoms with E-state index in [2.05, 4.69) is 29.5 Å². The Balaban J connectivity index is 0.00000288. The maximum absolute atomic E-state index is 12.4. The first-order chi connectivity index (χ1) is 10.8. The molecule has 1 unspecified atom stereocenters. The minimum absolute atomic E-state index is 0. The minimum atomic E-state index is -0.446. The van der Waals surface area contributed by atoms with Crippen molar-refractivity contribution < 1.29 is 4.79 Å². The Bertz CT molecular complexity index is 685. The van der Waals surface area contributed by atoms with Crippen molar-refractivity contribution in [3.63, 3.8) is 0 Å². The standard InChI is InChI=1S/C17H25N5O.ClH/c1-12(2)9-17(4,11-18)19-16(23)15-10-22(21-20-15)14-7-5-6-13(3)8-14;/h5-8,10,12H,9,11,18H2,1-4H3,(H,19,23);1H. The smallest absolute Gasteiger partial charge is 0.273 e. The van der Waals surface area contributed by atoms with E-state index in [0.29, 0.717) is 12.5 Å². The molecule has 1 aromatic heterocycles. The molecule has 2 aromatic rings. The lowest BCUT2D eigenvalue weighted by molar-refractivity contribution is 0.0893. The van der Waals surface area contributed by atoms with Crippen molar-refractivity contribution in [3.8, 4) is 5.69 Å². The van der Waals surface area contributed by atoms with Crippen molar-refractivity contribution >= 4 is 18.3 Å². The zero-order valence-corrected chi connectivity index (χ0v) is 15.4. The predicted molar refractivity (Wildman–Crippen MR) is 97.7 cm³/mol. The fourth-order valence-corrected chi connectivity index (χ4v) is 2.69. The van der Waals surface area contributed by atoms with Gasteiger partial charge in [0.15, 0.2) is 5.69 Å². The molecule has 1 aromatic carbocycles.